The Labute approximate surface area is 89.5 Å². The quantitative estimate of drug-likeness (QED) is 0.547. The Hall–Kier alpha value is -0.356. The van der Waals surface area contributed by atoms with Crippen LogP contribution in [0.5, 0.6) is 0 Å². The maximum Gasteiger partial charge on any atom is 0.317 e. The number of allylic oxidation sites excluding steroid dienone is 1. The van der Waals surface area contributed by atoms with Gasteiger partial charge < -0.3 is 4.43 Å². The lowest BCUT2D eigenvalue weighted by Gasteiger charge is -2.16. The van der Waals surface area contributed by atoms with Crippen LogP contribution in [0, 0.1) is 0 Å². The average Bonchev–Trinajstić information content (AvgIpc) is 1.78. The number of hydrogen-bond acceptors (Lipinski definition) is 2. The molecule has 0 radical (unpaired) electrons. The van der Waals surface area contributed by atoms with Crippen LogP contribution in [0.1, 0.15) is 0 Å². The van der Waals surface area contributed by atoms with E-state index in [0.29, 0.717) is 0 Å². The molecule has 0 aromatic carbocycles. The number of rotatable bonds is 4. The zero-order chi connectivity index (χ0) is 11.4. The summed E-state index contributed by atoms with van der Waals surface area (Å²) in [6.45, 7) is 12.9. The number of carbonyl (C=O) groups is 1. The Morgan fingerprint density at radius 3 is 2.00 bits per heavy atom. The van der Waals surface area contributed by atoms with E-state index in [0.717, 1.165) is 6.04 Å². The largest absolute Gasteiger partial charge is 0.517 e. The van der Waals surface area contributed by atoms with Crippen LogP contribution in [-0.2, 0) is 9.22 Å². The van der Waals surface area contributed by atoms with Crippen molar-refractivity contribution in [1.29, 1.82) is 0 Å². The van der Waals surface area contributed by atoms with Crippen LogP contribution in [0.25, 0.3) is 0 Å². The summed E-state index contributed by atoms with van der Waals surface area (Å²) in [5.74, 6) is -0.178. The van der Waals surface area contributed by atoms with E-state index in [1.807, 2.05) is 25.7 Å². The van der Waals surface area contributed by atoms with Gasteiger partial charge in [-0.3, -0.25) is 0 Å². The van der Waals surface area contributed by atoms with E-state index >= 15 is 0 Å². The molecular weight excluding hydrogens is 208 g/mol. The third-order valence-corrected chi connectivity index (χ3v) is 3.66. The average molecular weight is 230 g/mol. The van der Waals surface area contributed by atoms with Gasteiger partial charge in [0.15, 0.2) is 0 Å². The normalized spacial score (nSPS) is 13.3. The lowest BCUT2D eigenvalue weighted by Crippen LogP contribution is -2.28. The molecule has 0 rings (SSSR count). The van der Waals surface area contributed by atoms with Gasteiger partial charge >= 0.3 is 5.97 Å². The second-order valence-electron chi connectivity index (χ2n) is 5.70. The zero-order valence-electron chi connectivity index (χ0n) is 10.2. The van der Waals surface area contributed by atoms with Crippen LogP contribution in [-0.4, -0.2) is 22.4 Å². The van der Waals surface area contributed by atoms with E-state index in [-0.39, 0.29) is 5.97 Å². The SMILES string of the molecule is C[Si](C)(C)CC=CC(=O)O[Si](C)(C)C. The molecule has 0 amide bonds. The molecule has 2 nitrogen and oxygen atoms in total. The van der Waals surface area contributed by atoms with Crippen molar-refractivity contribution in [2.75, 3.05) is 0 Å². The third kappa shape index (κ3) is 9.73. The summed E-state index contributed by atoms with van der Waals surface area (Å²) in [4.78, 5) is 11.3. The predicted molar refractivity (Wildman–Crippen MR) is 66.7 cm³/mol. The first kappa shape index (κ1) is 13.6. The van der Waals surface area contributed by atoms with Crippen molar-refractivity contribution in [3.63, 3.8) is 0 Å². The maximum absolute atomic E-state index is 11.3. The van der Waals surface area contributed by atoms with Gasteiger partial charge in [0, 0.05) is 14.1 Å². The molecule has 0 atom stereocenters. The lowest BCUT2D eigenvalue weighted by atomic mass is 10.5. The van der Waals surface area contributed by atoms with Crippen molar-refractivity contribution in [2.45, 2.75) is 45.3 Å². The molecule has 0 aliphatic rings. The lowest BCUT2D eigenvalue weighted by molar-refractivity contribution is -0.129. The van der Waals surface area contributed by atoms with Crippen LogP contribution in [0.4, 0.5) is 0 Å². The fraction of sp³-hybridized carbons (Fsp3) is 0.700. The van der Waals surface area contributed by atoms with Gasteiger partial charge in [-0.05, 0) is 25.7 Å². The second kappa shape index (κ2) is 4.93. The summed E-state index contributed by atoms with van der Waals surface area (Å²) in [5, 5.41) is 0. The summed E-state index contributed by atoms with van der Waals surface area (Å²) < 4.78 is 5.28. The first-order chi connectivity index (χ1) is 6.10. The van der Waals surface area contributed by atoms with E-state index in [9.17, 15) is 4.79 Å². The van der Waals surface area contributed by atoms with E-state index in [2.05, 4.69) is 19.6 Å². The summed E-state index contributed by atoms with van der Waals surface area (Å²) in [5.41, 5.74) is 0. The molecule has 0 saturated heterocycles. The topological polar surface area (TPSA) is 26.3 Å². The molecule has 0 saturated carbocycles. The van der Waals surface area contributed by atoms with E-state index in [1.165, 1.54) is 0 Å². The molecule has 4 heteroatoms. The molecule has 14 heavy (non-hydrogen) atoms. The Bertz CT molecular complexity index is 221. The van der Waals surface area contributed by atoms with Crippen LogP contribution in [0.15, 0.2) is 12.2 Å². The van der Waals surface area contributed by atoms with Gasteiger partial charge in [0.05, 0.1) is 0 Å². The molecule has 82 valence electrons. The van der Waals surface area contributed by atoms with Crippen molar-refractivity contribution in [3.8, 4) is 0 Å². The summed E-state index contributed by atoms with van der Waals surface area (Å²) in [7, 11) is -2.77. The van der Waals surface area contributed by atoms with E-state index < -0.39 is 16.4 Å². The highest BCUT2D eigenvalue weighted by Gasteiger charge is 2.18. The summed E-state index contributed by atoms with van der Waals surface area (Å²) in [6, 6.07) is 1.04. The highest BCUT2D eigenvalue weighted by Crippen LogP contribution is 2.09. The predicted octanol–water partition coefficient (Wildman–Crippen LogP) is 3.26. The minimum atomic E-state index is -1.71. The molecule has 0 N–H and O–H groups in total. The maximum atomic E-state index is 11.3. The molecule has 0 bridgehead atoms. The van der Waals surface area contributed by atoms with Crippen LogP contribution < -0.4 is 0 Å². The van der Waals surface area contributed by atoms with Gasteiger partial charge in [-0.15, -0.1) is 0 Å². The smallest absolute Gasteiger partial charge is 0.317 e. The number of hydrogen-bond donors (Lipinski definition) is 0. The molecule has 0 aromatic rings. The zero-order valence-corrected chi connectivity index (χ0v) is 12.2. The van der Waals surface area contributed by atoms with E-state index in [4.69, 9.17) is 4.43 Å². The van der Waals surface area contributed by atoms with Crippen molar-refractivity contribution >= 4 is 22.4 Å². The minimum Gasteiger partial charge on any atom is -0.517 e. The molecule has 0 unspecified atom stereocenters. The monoisotopic (exact) mass is 230 g/mol. The van der Waals surface area contributed by atoms with Crippen molar-refractivity contribution < 1.29 is 9.22 Å². The van der Waals surface area contributed by atoms with E-state index in [1.54, 1.807) is 6.08 Å². The molecule has 0 spiro atoms. The minimum absolute atomic E-state index is 0.178. The molecule has 0 aliphatic carbocycles. The third-order valence-electron chi connectivity index (χ3n) is 1.39. The van der Waals surface area contributed by atoms with Gasteiger partial charge in [-0.2, -0.15) is 0 Å². The Balaban J connectivity index is 3.96. The van der Waals surface area contributed by atoms with Crippen LogP contribution >= 0.6 is 0 Å². The molecule has 0 aromatic heterocycles. The van der Waals surface area contributed by atoms with Crippen LogP contribution in [0.3, 0.4) is 0 Å². The molecule has 0 heterocycles. The first-order valence-corrected chi connectivity index (χ1v) is 12.1. The van der Waals surface area contributed by atoms with Crippen LogP contribution in [0.2, 0.25) is 45.3 Å². The van der Waals surface area contributed by atoms with Crippen molar-refractivity contribution in [2.24, 2.45) is 0 Å². The van der Waals surface area contributed by atoms with Crippen molar-refractivity contribution in [1.82, 2.24) is 0 Å². The Morgan fingerprint density at radius 1 is 1.14 bits per heavy atom. The summed E-state index contributed by atoms with van der Waals surface area (Å²) >= 11 is 0. The van der Waals surface area contributed by atoms with Crippen molar-refractivity contribution in [3.05, 3.63) is 12.2 Å². The molecule has 0 fully saturated rings. The summed E-state index contributed by atoms with van der Waals surface area (Å²) in [6.07, 6.45) is 3.53. The standard InChI is InChI=1S/C10H22O2Si2/c1-13(2,3)9-7-8-10(11)12-14(4,5)6/h7-8H,9H2,1-6H3. The molecule has 0 aliphatic heterocycles. The number of carbonyl (C=O) groups excluding carboxylic acids is 1. The highest BCUT2D eigenvalue weighted by atomic mass is 28.4. The highest BCUT2D eigenvalue weighted by molar-refractivity contribution is 6.76. The van der Waals surface area contributed by atoms with Gasteiger partial charge in [0.2, 0.25) is 8.32 Å². The second-order valence-corrected chi connectivity index (χ2v) is 15.7. The fourth-order valence-electron chi connectivity index (χ4n) is 0.845. The molecular formula is C10H22O2Si2. The van der Waals surface area contributed by atoms with Gasteiger partial charge in [-0.25, -0.2) is 4.79 Å². The van der Waals surface area contributed by atoms with Gasteiger partial charge in [-0.1, -0.05) is 25.7 Å². The first-order valence-electron chi connectivity index (χ1n) is 5.00. The fourth-order valence-corrected chi connectivity index (χ4v) is 2.34. The van der Waals surface area contributed by atoms with Gasteiger partial charge in [0.25, 0.3) is 0 Å². The Morgan fingerprint density at radius 2 is 1.64 bits per heavy atom. The Kier molecular flexibility index (Phi) is 4.81. The van der Waals surface area contributed by atoms with Gasteiger partial charge in [0.1, 0.15) is 0 Å².